The Bertz CT molecular complexity index is 782. The number of rotatable bonds is 3. The summed E-state index contributed by atoms with van der Waals surface area (Å²) in [7, 11) is 0. The Kier molecular flexibility index (Phi) is 4.97. The Balaban J connectivity index is 1.78. The van der Waals surface area contributed by atoms with Crippen molar-refractivity contribution in [2.24, 2.45) is 0 Å². The van der Waals surface area contributed by atoms with Crippen molar-refractivity contribution in [1.29, 1.82) is 0 Å². The second kappa shape index (κ2) is 6.99. The maximum Gasteiger partial charge on any atom is 0.243 e. The molecule has 126 valence electrons. The molecule has 1 aliphatic heterocycles. The molecule has 6 heteroatoms. The van der Waals surface area contributed by atoms with Crippen molar-refractivity contribution in [3.8, 4) is 0 Å². The van der Waals surface area contributed by atoms with Crippen molar-refractivity contribution in [2.45, 2.75) is 25.8 Å². The predicted octanol–water partition coefficient (Wildman–Crippen LogP) is 4.91. The van der Waals surface area contributed by atoms with E-state index >= 15 is 0 Å². The number of halogens is 3. The SMILES string of the molecule is CC1CCc2cc(F)ccc2N1CC(=O)Nc1cc(Cl)ccc1Cl. The zero-order valence-electron chi connectivity index (χ0n) is 13.2. The van der Waals surface area contributed by atoms with Crippen LogP contribution in [0.15, 0.2) is 36.4 Å². The van der Waals surface area contributed by atoms with Gasteiger partial charge in [0.05, 0.1) is 17.3 Å². The number of benzene rings is 2. The molecule has 2 aromatic carbocycles. The van der Waals surface area contributed by atoms with Crippen molar-refractivity contribution >= 4 is 40.5 Å². The highest BCUT2D eigenvalue weighted by Crippen LogP contribution is 2.31. The van der Waals surface area contributed by atoms with E-state index in [9.17, 15) is 9.18 Å². The molecule has 0 spiro atoms. The quantitative estimate of drug-likeness (QED) is 0.836. The third kappa shape index (κ3) is 3.65. The summed E-state index contributed by atoms with van der Waals surface area (Å²) in [5.74, 6) is -0.443. The number of nitrogens with one attached hydrogen (secondary N) is 1. The van der Waals surface area contributed by atoms with Crippen molar-refractivity contribution < 1.29 is 9.18 Å². The van der Waals surface area contributed by atoms with Crippen molar-refractivity contribution in [2.75, 3.05) is 16.8 Å². The number of carbonyl (C=O) groups excluding carboxylic acids is 1. The predicted molar refractivity (Wildman–Crippen MR) is 96.6 cm³/mol. The largest absolute Gasteiger partial charge is 0.359 e. The van der Waals surface area contributed by atoms with Crippen LogP contribution >= 0.6 is 23.2 Å². The highest BCUT2D eigenvalue weighted by Gasteiger charge is 2.25. The molecule has 1 heterocycles. The maximum atomic E-state index is 13.4. The Morgan fingerprint density at radius 2 is 2.08 bits per heavy atom. The molecule has 3 nitrogen and oxygen atoms in total. The van der Waals surface area contributed by atoms with Crippen LogP contribution in [-0.4, -0.2) is 18.5 Å². The molecule has 1 amide bonds. The number of hydrogen-bond acceptors (Lipinski definition) is 2. The van der Waals surface area contributed by atoms with Crippen LogP contribution in [0, 0.1) is 5.82 Å². The lowest BCUT2D eigenvalue weighted by Gasteiger charge is -2.36. The zero-order valence-corrected chi connectivity index (χ0v) is 14.7. The van der Waals surface area contributed by atoms with Crippen LogP contribution in [0.5, 0.6) is 0 Å². The number of amides is 1. The number of fused-ring (bicyclic) bond motifs is 1. The van der Waals surface area contributed by atoms with E-state index in [4.69, 9.17) is 23.2 Å². The van der Waals surface area contributed by atoms with Crippen molar-refractivity contribution in [3.63, 3.8) is 0 Å². The van der Waals surface area contributed by atoms with E-state index in [1.54, 1.807) is 30.3 Å². The van der Waals surface area contributed by atoms with Crippen LogP contribution in [0.25, 0.3) is 0 Å². The first-order valence-corrected chi connectivity index (χ1v) is 8.49. The first-order chi connectivity index (χ1) is 11.4. The third-order valence-corrected chi connectivity index (χ3v) is 4.80. The van der Waals surface area contributed by atoms with Gasteiger partial charge in [-0.3, -0.25) is 4.79 Å². The van der Waals surface area contributed by atoms with E-state index in [2.05, 4.69) is 12.2 Å². The summed E-state index contributed by atoms with van der Waals surface area (Å²) in [6.45, 7) is 2.23. The number of aryl methyl sites for hydroxylation is 1. The highest BCUT2D eigenvalue weighted by molar-refractivity contribution is 6.35. The lowest BCUT2D eigenvalue weighted by molar-refractivity contribution is -0.115. The summed E-state index contributed by atoms with van der Waals surface area (Å²) < 4.78 is 13.4. The summed E-state index contributed by atoms with van der Waals surface area (Å²) in [4.78, 5) is 14.4. The average Bonchev–Trinajstić information content (AvgIpc) is 2.53. The fourth-order valence-corrected chi connectivity index (χ4v) is 3.31. The molecular weight excluding hydrogens is 350 g/mol. The van der Waals surface area contributed by atoms with Gasteiger partial charge < -0.3 is 10.2 Å². The van der Waals surface area contributed by atoms with E-state index in [1.165, 1.54) is 6.07 Å². The first-order valence-electron chi connectivity index (χ1n) is 7.74. The number of hydrogen-bond donors (Lipinski definition) is 1. The van der Waals surface area contributed by atoms with Crippen LogP contribution in [0.1, 0.15) is 18.9 Å². The van der Waals surface area contributed by atoms with Gasteiger partial charge in [0.15, 0.2) is 0 Å². The van der Waals surface area contributed by atoms with Crippen LogP contribution in [0.4, 0.5) is 15.8 Å². The monoisotopic (exact) mass is 366 g/mol. The van der Waals surface area contributed by atoms with Gasteiger partial charge >= 0.3 is 0 Å². The van der Waals surface area contributed by atoms with Crippen LogP contribution in [-0.2, 0) is 11.2 Å². The fourth-order valence-electron chi connectivity index (χ4n) is 2.97. The summed E-state index contributed by atoms with van der Waals surface area (Å²) in [5, 5.41) is 3.72. The molecule has 1 aliphatic rings. The second-order valence-corrected chi connectivity index (χ2v) is 6.80. The molecule has 0 aromatic heterocycles. The van der Waals surface area contributed by atoms with E-state index < -0.39 is 0 Å². The van der Waals surface area contributed by atoms with Gasteiger partial charge in [-0.25, -0.2) is 4.39 Å². The van der Waals surface area contributed by atoms with Gasteiger partial charge in [0.25, 0.3) is 0 Å². The van der Waals surface area contributed by atoms with Crippen molar-refractivity contribution in [3.05, 3.63) is 57.8 Å². The Morgan fingerprint density at radius 3 is 2.88 bits per heavy atom. The topological polar surface area (TPSA) is 32.3 Å². The molecule has 0 radical (unpaired) electrons. The van der Waals surface area contributed by atoms with Gasteiger partial charge in [-0.1, -0.05) is 23.2 Å². The Morgan fingerprint density at radius 1 is 1.29 bits per heavy atom. The standard InChI is InChI=1S/C18H17Cl2FN2O/c1-11-2-3-12-8-14(21)5-7-17(12)23(11)10-18(24)22-16-9-13(19)4-6-15(16)20/h4-9,11H,2-3,10H2,1H3,(H,22,24). The van der Waals surface area contributed by atoms with E-state index in [0.29, 0.717) is 15.7 Å². The highest BCUT2D eigenvalue weighted by atomic mass is 35.5. The first kappa shape index (κ1) is 17.1. The number of anilines is 2. The minimum atomic E-state index is -0.251. The number of nitrogens with zero attached hydrogens (tertiary/aromatic N) is 1. The van der Waals surface area contributed by atoms with Gasteiger partial charge in [0, 0.05) is 16.8 Å². The van der Waals surface area contributed by atoms with Crippen molar-refractivity contribution in [1.82, 2.24) is 0 Å². The smallest absolute Gasteiger partial charge is 0.243 e. The third-order valence-electron chi connectivity index (χ3n) is 4.23. The average molecular weight is 367 g/mol. The van der Waals surface area contributed by atoms with Gasteiger partial charge in [0.1, 0.15) is 5.82 Å². The van der Waals surface area contributed by atoms with Gasteiger partial charge in [0.2, 0.25) is 5.91 Å². The molecule has 1 unspecified atom stereocenters. The molecular formula is C18H17Cl2FN2O. The minimum absolute atomic E-state index is 0.169. The van der Waals surface area contributed by atoms with Gasteiger partial charge in [-0.05, 0) is 61.7 Å². The molecule has 0 fully saturated rings. The zero-order chi connectivity index (χ0) is 17.3. The lowest BCUT2D eigenvalue weighted by Crippen LogP contribution is -2.42. The molecule has 0 saturated carbocycles. The molecule has 1 N–H and O–H groups in total. The molecule has 0 saturated heterocycles. The van der Waals surface area contributed by atoms with Gasteiger partial charge in [-0.2, -0.15) is 0 Å². The molecule has 0 bridgehead atoms. The van der Waals surface area contributed by atoms with Crippen LogP contribution in [0.3, 0.4) is 0 Å². The van der Waals surface area contributed by atoms with Gasteiger partial charge in [-0.15, -0.1) is 0 Å². The Hall–Kier alpha value is -1.78. The lowest BCUT2D eigenvalue weighted by atomic mass is 9.96. The fraction of sp³-hybridized carbons (Fsp3) is 0.278. The number of carbonyl (C=O) groups is 1. The molecule has 24 heavy (non-hydrogen) atoms. The van der Waals surface area contributed by atoms with Crippen LogP contribution in [0.2, 0.25) is 10.0 Å². The van der Waals surface area contributed by atoms with E-state index in [1.807, 2.05) is 4.90 Å². The molecule has 3 rings (SSSR count). The molecule has 0 aliphatic carbocycles. The van der Waals surface area contributed by atoms with E-state index in [-0.39, 0.29) is 24.3 Å². The van der Waals surface area contributed by atoms with Crippen LogP contribution < -0.4 is 10.2 Å². The maximum absolute atomic E-state index is 13.4. The molecule has 2 aromatic rings. The summed E-state index contributed by atoms with van der Waals surface area (Å²) in [6, 6.07) is 9.82. The minimum Gasteiger partial charge on any atom is -0.359 e. The Labute approximate surface area is 150 Å². The summed E-state index contributed by atoms with van der Waals surface area (Å²) >= 11 is 12.0. The summed E-state index contributed by atoms with van der Waals surface area (Å²) in [5.41, 5.74) is 2.32. The van der Waals surface area contributed by atoms with E-state index in [0.717, 1.165) is 24.1 Å². The molecule has 1 atom stereocenters. The second-order valence-electron chi connectivity index (χ2n) is 5.96. The normalized spacial score (nSPS) is 16.7. The summed E-state index contributed by atoms with van der Waals surface area (Å²) in [6.07, 6.45) is 1.69.